The number of alkyl halides is 3. The Kier molecular flexibility index (Phi) is 7.46. The molecule has 1 saturated carbocycles. The second-order valence-corrected chi connectivity index (χ2v) is 10.6. The third-order valence-corrected chi connectivity index (χ3v) is 7.67. The van der Waals surface area contributed by atoms with Crippen LogP contribution >= 0.6 is 0 Å². The summed E-state index contributed by atoms with van der Waals surface area (Å²) < 4.78 is 68.2. The molecule has 3 aromatic rings. The summed E-state index contributed by atoms with van der Waals surface area (Å²) in [4.78, 5) is 13.8. The van der Waals surface area contributed by atoms with Crippen molar-refractivity contribution in [2.24, 2.45) is 0 Å². The lowest BCUT2D eigenvalue weighted by atomic mass is 9.78. The van der Waals surface area contributed by atoms with E-state index < -0.39 is 21.8 Å². The van der Waals surface area contributed by atoms with E-state index >= 15 is 0 Å². The number of aromatic nitrogens is 3. The van der Waals surface area contributed by atoms with Crippen LogP contribution in [-0.2, 0) is 16.2 Å². The van der Waals surface area contributed by atoms with Crippen molar-refractivity contribution >= 4 is 21.5 Å². The molecule has 0 unspecified atom stereocenters. The average Bonchev–Trinajstić information content (AvgIpc) is 2.84. The zero-order valence-corrected chi connectivity index (χ0v) is 20.6. The van der Waals surface area contributed by atoms with Crippen molar-refractivity contribution in [1.29, 1.82) is 0 Å². The third-order valence-electron chi connectivity index (χ3n) is 6.35. The molecule has 12 heteroatoms. The third kappa shape index (κ3) is 5.93. The van der Waals surface area contributed by atoms with Gasteiger partial charge in [0.1, 0.15) is 12.1 Å². The molecule has 0 radical (unpaired) electrons. The number of nitrogens with one attached hydrogen (secondary N) is 2. The van der Waals surface area contributed by atoms with Crippen molar-refractivity contribution in [2.75, 3.05) is 24.1 Å². The number of sulfonamides is 1. The lowest BCUT2D eigenvalue weighted by molar-refractivity contribution is -0.137. The van der Waals surface area contributed by atoms with Gasteiger partial charge in [0.05, 0.1) is 11.3 Å². The van der Waals surface area contributed by atoms with E-state index in [0.717, 1.165) is 6.07 Å². The van der Waals surface area contributed by atoms with Gasteiger partial charge in [-0.1, -0.05) is 18.2 Å². The molecular formula is C24H27F3N6O2S. The number of benzene rings is 1. The van der Waals surface area contributed by atoms with E-state index in [0.29, 0.717) is 30.5 Å². The number of likely N-dealkylation sites (N-methyl/N-ethyl adjacent to an activating group) is 1. The van der Waals surface area contributed by atoms with Gasteiger partial charge in [-0.05, 0) is 69.1 Å². The summed E-state index contributed by atoms with van der Waals surface area (Å²) in [5, 5.41) is 3.18. The number of anilines is 2. The van der Waals surface area contributed by atoms with Crippen LogP contribution in [0.2, 0.25) is 0 Å². The Morgan fingerprint density at radius 2 is 1.83 bits per heavy atom. The molecule has 36 heavy (non-hydrogen) atoms. The lowest BCUT2D eigenvalue weighted by Gasteiger charge is -2.41. The van der Waals surface area contributed by atoms with Crippen molar-refractivity contribution in [1.82, 2.24) is 19.9 Å². The van der Waals surface area contributed by atoms with Crippen LogP contribution in [0.5, 0.6) is 0 Å². The molecule has 8 nitrogen and oxygen atoms in total. The topological polar surface area (TPSA) is 100 Å². The minimum atomic E-state index is -4.39. The number of rotatable bonds is 7. The fraction of sp³-hybridized carbons (Fsp3) is 0.375. The highest BCUT2D eigenvalue weighted by molar-refractivity contribution is 7.92. The Morgan fingerprint density at radius 3 is 2.53 bits per heavy atom. The van der Waals surface area contributed by atoms with E-state index in [9.17, 15) is 21.6 Å². The van der Waals surface area contributed by atoms with E-state index in [2.05, 4.69) is 25.0 Å². The quantitative estimate of drug-likeness (QED) is 0.477. The highest BCUT2D eigenvalue weighted by atomic mass is 32.2. The van der Waals surface area contributed by atoms with Gasteiger partial charge in [0.2, 0.25) is 0 Å². The zero-order valence-electron chi connectivity index (χ0n) is 19.8. The molecule has 2 heterocycles. The fourth-order valence-corrected chi connectivity index (χ4v) is 5.72. The van der Waals surface area contributed by atoms with Crippen molar-refractivity contribution in [3.63, 3.8) is 0 Å². The van der Waals surface area contributed by atoms with Crippen LogP contribution in [0, 0.1) is 0 Å². The Hall–Kier alpha value is -3.25. The minimum absolute atomic E-state index is 0.0470. The molecule has 3 atom stereocenters. The molecule has 1 aliphatic carbocycles. The summed E-state index contributed by atoms with van der Waals surface area (Å²) in [6.07, 6.45) is 1.58. The summed E-state index contributed by atoms with van der Waals surface area (Å²) in [5.41, 5.74) is 0.352. The molecule has 192 valence electrons. The Bertz CT molecular complexity index is 1290. The normalized spacial score (nSPS) is 20.8. The molecule has 4 rings (SSSR count). The van der Waals surface area contributed by atoms with Gasteiger partial charge in [-0.25, -0.2) is 15.0 Å². The average molecular weight is 521 g/mol. The molecule has 1 fully saturated rings. The highest BCUT2D eigenvalue weighted by Crippen LogP contribution is 2.38. The highest BCUT2D eigenvalue weighted by Gasteiger charge is 2.35. The first-order chi connectivity index (χ1) is 17.0. The molecule has 0 saturated heterocycles. The standard InChI is InChI=1S/C24H27F3N6O2S/c1-33(2)21-14-17(16-5-3-6-18(13-16)24(25,26)27)8-9-19(21)31-20-7-4-11-29-23(20)36(34,35)32-22-10-12-28-15-30-22/h3-7,10-13,15,17,19,21,31H,8-9,14H2,1-2H3,(H,28,30,32)/t17-,19-,21-/m0/s1. The number of pyridine rings is 1. The van der Waals surface area contributed by atoms with E-state index in [1.807, 2.05) is 19.0 Å². The predicted molar refractivity (Wildman–Crippen MR) is 130 cm³/mol. The summed E-state index contributed by atoms with van der Waals surface area (Å²) in [6, 6.07) is 10.0. The van der Waals surface area contributed by atoms with Crippen molar-refractivity contribution in [3.05, 3.63) is 72.3 Å². The van der Waals surface area contributed by atoms with Crippen LogP contribution in [0.1, 0.15) is 36.3 Å². The van der Waals surface area contributed by atoms with Gasteiger partial charge in [0.25, 0.3) is 10.0 Å². The first-order valence-corrected chi connectivity index (χ1v) is 12.9. The smallest absolute Gasteiger partial charge is 0.378 e. The summed E-state index contributed by atoms with van der Waals surface area (Å²) in [7, 11) is -0.223. The van der Waals surface area contributed by atoms with Crippen molar-refractivity contribution < 1.29 is 21.6 Å². The molecule has 0 bridgehead atoms. The van der Waals surface area contributed by atoms with Crippen LogP contribution in [-0.4, -0.2) is 54.4 Å². The Balaban J connectivity index is 1.55. The lowest BCUT2D eigenvalue weighted by Crippen LogP contribution is -2.47. The van der Waals surface area contributed by atoms with Crippen molar-refractivity contribution in [2.45, 2.75) is 48.5 Å². The molecule has 0 spiro atoms. The van der Waals surface area contributed by atoms with Crippen LogP contribution < -0.4 is 10.0 Å². The van der Waals surface area contributed by atoms with Gasteiger partial charge < -0.3 is 10.2 Å². The van der Waals surface area contributed by atoms with Gasteiger partial charge in [-0.2, -0.15) is 21.6 Å². The SMILES string of the molecule is CN(C)[C@H]1C[C@@H](c2cccc(C(F)(F)F)c2)CC[C@@H]1Nc1cccnc1S(=O)(=O)Nc1ccncn1. The molecule has 0 aliphatic heterocycles. The van der Waals surface area contributed by atoms with Crippen LogP contribution in [0.4, 0.5) is 24.7 Å². The molecule has 2 aromatic heterocycles. The fourth-order valence-electron chi connectivity index (χ4n) is 4.61. The second kappa shape index (κ2) is 10.4. The van der Waals surface area contributed by atoms with Gasteiger partial charge >= 0.3 is 6.18 Å². The maximum Gasteiger partial charge on any atom is 0.416 e. The summed E-state index contributed by atoms with van der Waals surface area (Å²) in [5.74, 6) is 0.0728. The molecular weight excluding hydrogens is 493 g/mol. The number of nitrogens with zero attached hydrogens (tertiary/aromatic N) is 4. The van der Waals surface area contributed by atoms with Crippen LogP contribution in [0.25, 0.3) is 0 Å². The van der Waals surface area contributed by atoms with Crippen LogP contribution in [0.3, 0.4) is 0 Å². The van der Waals surface area contributed by atoms with E-state index in [4.69, 9.17) is 0 Å². The van der Waals surface area contributed by atoms with Gasteiger partial charge in [-0.3, -0.25) is 4.72 Å². The molecule has 2 N–H and O–H groups in total. The molecule has 0 amide bonds. The van der Waals surface area contributed by atoms with E-state index in [-0.39, 0.29) is 28.8 Å². The summed E-state index contributed by atoms with van der Waals surface area (Å²) >= 11 is 0. The molecule has 1 aromatic carbocycles. The largest absolute Gasteiger partial charge is 0.416 e. The monoisotopic (exact) mass is 520 g/mol. The van der Waals surface area contributed by atoms with Gasteiger partial charge in [0.15, 0.2) is 5.03 Å². The maximum absolute atomic E-state index is 13.2. The Morgan fingerprint density at radius 1 is 1.03 bits per heavy atom. The number of hydrogen-bond acceptors (Lipinski definition) is 7. The second-order valence-electron chi connectivity index (χ2n) is 8.97. The first kappa shape index (κ1) is 25.8. The zero-order chi connectivity index (χ0) is 25.9. The maximum atomic E-state index is 13.2. The van der Waals surface area contributed by atoms with Crippen LogP contribution in [0.15, 0.2) is 66.2 Å². The van der Waals surface area contributed by atoms with Gasteiger partial charge in [-0.15, -0.1) is 0 Å². The Labute approximate surface area is 208 Å². The van der Waals surface area contributed by atoms with Gasteiger partial charge in [0, 0.05) is 24.5 Å². The first-order valence-electron chi connectivity index (χ1n) is 11.4. The minimum Gasteiger partial charge on any atom is -0.378 e. The summed E-state index contributed by atoms with van der Waals surface area (Å²) in [6.45, 7) is 0. The molecule has 1 aliphatic rings. The predicted octanol–water partition coefficient (Wildman–Crippen LogP) is 4.37. The number of halogens is 3. The van der Waals surface area contributed by atoms with E-state index in [1.54, 1.807) is 18.2 Å². The van der Waals surface area contributed by atoms with E-state index in [1.165, 1.54) is 36.9 Å². The van der Waals surface area contributed by atoms with Crippen molar-refractivity contribution in [3.8, 4) is 0 Å². The number of hydrogen-bond donors (Lipinski definition) is 2.